The van der Waals surface area contributed by atoms with Crippen LogP contribution in [-0.4, -0.2) is 23.1 Å². The van der Waals surface area contributed by atoms with Crippen LogP contribution in [-0.2, 0) is 12.8 Å². The predicted octanol–water partition coefficient (Wildman–Crippen LogP) is 0.135. The number of nitrogens with one attached hydrogen (secondary N) is 1. The molecule has 70 valence electrons. The van der Waals surface area contributed by atoms with Crippen molar-refractivity contribution < 1.29 is 0 Å². The number of anilines is 1. The summed E-state index contributed by atoms with van der Waals surface area (Å²) in [6.45, 7) is 0. The molecule has 1 aromatic rings. The first kappa shape index (κ1) is 8.44. The SMILES string of the molecule is CNC1CCc2nc(N)ncc2C1. The third-order valence-electron chi connectivity index (χ3n) is 2.58. The monoisotopic (exact) mass is 178 g/mol. The quantitative estimate of drug-likeness (QED) is 0.642. The van der Waals surface area contributed by atoms with Crippen LogP contribution in [0.15, 0.2) is 6.20 Å². The van der Waals surface area contributed by atoms with Gasteiger partial charge in [-0.1, -0.05) is 0 Å². The number of aryl methyl sites for hydroxylation is 1. The average molecular weight is 178 g/mol. The molecule has 0 aromatic carbocycles. The Morgan fingerprint density at radius 1 is 1.62 bits per heavy atom. The van der Waals surface area contributed by atoms with Crippen molar-refractivity contribution in [3.05, 3.63) is 17.5 Å². The number of hydrogen-bond donors (Lipinski definition) is 2. The summed E-state index contributed by atoms with van der Waals surface area (Å²) >= 11 is 0. The molecular formula is C9H14N4. The van der Waals surface area contributed by atoms with Gasteiger partial charge in [-0.3, -0.25) is 0 Å². The van der Waals surface area contributed by atoms with E-state index < -0.39 is 0 Å². The van der Waals surface area contributed by atoms with Crippen molar-refractivity contribution in [3.63, 3.8) is 0 Å². The van der Waals surface area contributed by atoms with Gasteiger partial charge in [0.05, 0.1) is 0 Å². The first-order valence-corrected chi connectivity index (χ1v) is 4.57. The van der Waals surface area contributed by atoms with Gasteiger partial charge < -0.3 is 11.1 Å². The fourth-order valence-corrected chi connectivity index (χ4v) is 1.77. The summed E-state index contributed by atoms with van der Waals surface area (Å²) < 4.78 is 0. The van der Waals surface area contributed by atoms with E-state index in [1.165, 1.54) is 5.56 Å². The summed E-state index contributed by atoms with van der Waals surface area (Å²) in [5.41, 5.74) is 7.87. The van der Waals surface area contributed by atoms with Crippen LogP contribution >= 0.6 is 0 Å². The summed E-state index contributed by atoms with van der Waals surface area (Å²) in [6, 6.07) is 0.569. The molecule has 1 aliphatic rings. The lowest BCUT2D eigenvalue weighted by atomic mass is 9.93. The van der Waals surface area contributed by atoms with E-state index in [9.17, 15) is 0 Å². The van der Waals surface area contributed by atoms with E-state index in [4.69, 9.17) is 5.73 Å². The van der Waals surface area contributed by atoms with E-state index in [2.05, 4.69) is 15.3 Å². The first-order valence-electron chi connectivity index (χ1n) is 4.57. The van der Waals surface area contributed by atoms with Crippen LogP contribution in [0.1, 0.15) is 17.7 Å². The maximum atomic E-state index is 5.51. The van der Waals surface area contributed by atoms with E-state index in [0.29, 0.717) is 12.0 Å². The molecule has 0 bridgehead atoms. The highest BCUT2D eigenvalue weighted by atomic mass is 15.0. The standard InChI is InChI=1S/C9H14N4/c1-11-7-2-3-8-6(4-7)5-12-9(10)13-8/h5,7,11H,2-4H2,1H3,(H2,10,12,13). The van der Waals surface area contributed by atoms with E-state index in [1.54, 1.807) is 0 Å². The first-order chi connectivity index (χ1) is 6.29. The van der Waals surface area contributed by atoms with E-state index in [0.717, 1.165) is 25.0 Å². The van der Waals surface area contributed by atoms with Crippen LogP contribution in [0.3, 0.4) is 0 Å². The Labute approximate surface area is 77.6 Å². The smallest absolute Gasteiger partial charge is 0.220 e. The van der Waals surface area contributed by atoms with Crippen molar-refractivity contribution >= 4 is 5.95 Å². The molecule has 4 heteroatoms. The molecule has 0 saturated heterocycles. The highest BCUT2D eigenvalue weighted by Gasteiger charge is 2.18. The van der Waals surface area contributed by atoms with Crippen molar-refractivity contribution in [3.8, 4) is 0 Å². The number of likely N-dealkylation sites (N-methyl/N-ethyl adjacent to an activating group) is 1. The minimum Gasteiger partial charge on any atom is -0.368 e. The molecule has 0 saturated carbocycles. The molecular weight excluding hydrogens is 164 g/mol. The highest BCUT2D eigenvalue weighted by molar-refractivity contribution is 5.27. The number of nitrogens with two attached hydrogens (primary N) is 1. The van der Waals surface area contributed by atoms with Crippen LogP contribution in [0.4, 0.5) is 5.95 Å². The molecule has 0 fully saturated rings. The zero-order chi connectivity index (χ0) is 9.26. The number of nitrogens with zero attached hydrogens (tertiary/aromatic N) is 2. The molecule has 0 aliphatic heterocycles. The largest absolute Gasteiger partial charge is 0.368 e. The lowest BCUT2D eigenvalue weighted by Gasteiger charge is -2.22. The number of rotatable bonds is 1. The number of hydrogen-bond acceptors (Lipinski definition) is 4. The molecule has 1 aromatic heterocycles. The molecule has 0 amide bonds. The lowest BCUT2D eigenvalue weighted by molar-refractivity contribution is 0.489. The van der Waals surface area contributed by atoms with Crippen LogP contribution in [0.25, 0.3) is 0 Å². The summed E-state index contributed by atoms with van der Waals surface area (Å²) in [5, 5.41) is 3.27. The van der Waals surface area contributed by atoms with E-state index in [1.807, 2.05) is 13.2 Å². The van der Waals surface area contributed by atoms with Crippen molar-refractivity contribution in [2.24, 2.45) is 0 Å². The van der Waals surface area contributed by atoms with Gasteiger partial charge in [-0.25, -0.2) is 9.97 Å². The van der Waals surface area contributed by atoms with Gasteiger partial charge in [0.1, 0.15) is 0 Å². The van der Waals surface area contributed by atoms with Crippen LogP contribution in [0.5, 0.6) is 0 Å². The molecule has 2 rings (SSSR count). The second kappa shape index (κ2) is 3.30. The maximum absolute atomic E-state index is 5.51. The summed E-state index contributed by atoms with van der Waals surface area (Å²) in [6.07, 6.45) is 5.01. The molecule has 4 nitrogen and oxygen atoms in total. The van der Waals surface area contributed by atoms with Crippen molar-refractivity contribution in [1.29, 1.82) is 0 Å². The summed E-state index contributed by atoms with van der Waals surface area (Å²) in [5.74, 6) is 0.390. The van der Waals surface area contributed by atoms with Gasteiger partial charge in [-0.05, 0) is 31.9 Å². The highest BCUT2D eigenvalue weighted by Crippen LogP contribution is 2.19. The molecule has 0 spiro atoms. The fraction of sp³-hybridized carbons (Fsp3) is 0.556. The Balaban J connectivity index is 2.26. The van der Waals surface area contributed by atoms with Crippen molar-refractivity contribution in [2.75, 3.05) is 12.8 Å². The van der Waals surface area contributed by atoms with Gasteiger partial charge >= 0.3 is 0 Å². The van der Waals surface area contributed by atoms with Crippen LogP contribution in [0.2, 0.25) is 0 Å². The molecule has 0 radical (unpaired) electrons. The molecule has 3 N–H and O–H groups in total. The average Bonchev–Trinajstić information content (AvgIpc) is 2.17. The number of nitrogen functional groups attached to an aromatic ring is 1. The Morgan fingerprint density at radius 2 is 2.46 bits per heavy atom. The number of fused-ring (bicyclic) bond motifs is 1. The van der Waals surface area contributed by atoms with E-state index in [-0.39, 0.29) is 0 Å². The third kappa shape index (κ3) is 1.62. The van der Waals surface area contributed by atoms with Crippen LogP contribution < -0.4 is 11.1 Å². The van der Waals surface area contributed by atoms with Gasteiger partial charge in [0.25, 0.3) is 0 Å². The Morgan fingerprint density at radius 3 is 3.23 bits per heavy atom. The lowest BCUT2D eigenvalue weighted by Crippen LogP contribution is -2.32. The second-order valence-corrected chi connectivity index (χ2v) is 3.43. The van der Waals surface area contributed by atoms with Gasteiger partial charge in [-0.2, -0.15) is 0 Å². The molecule has 1 aliphatic carbocycles. The molecule has 13 heavy (non-hydrogen) atoms. The minimum atomic E-state index is 0.390. The normalized spacial score (nSPS) is 21.2. The zero-order valence-electron chi connectivity index (χ0n) is 7.75. The zero-order valence-corrected chi connectivity index (χ0v) is 7.75. The van der Waals surface area contributed by atoms with Gasteiger partial charge in [0.2, 0.25) is 5.95 Å². The Kier molecular flexibility index (Phi) is 2.14. The maximum Gasteiger partial charge on any atom is 0.220 e. The predicted molar refractivity (Wildman–Crippen MR) is 51.3 cm³/mol. The Bertz CT molecular complexity index is 310. The van der Waals surface area contributed by atoms with Crippen molar-refractivity contribution in [1.82, 2.24) is 15.3 Å². The van der Waals surface area contributed by atoms with Gasteiger partial charge in [-0.15, -0.1) is 0 Å². The van der Waals surface area contributed by atoms with Crippen molar-refractivity contribution in [2.45, 2.75) is 25.3 Å². The summed E-state index contributed by atoms with van der Waals surface area (Å²) in [7, 11) is 1.99. The molecule has 1 heterocycles. The molecule has 1 unspecified atom stereocenters. The second-order valence-electron chi connectivity index (χ2n) is 3.43. The van der Waals surface area contributed by atoms with E-state index >= 15 is 0 Å². The fourth-order valence-electron chi connectivity index (χ4n) is 1.77. The number of aromatic nitrogens is 2. The third-order valence-corrected chi connectivity index (χ3v) is 2.58. The van der Waals surface area contributed by atoms with Gasteiger partial charge in [0.15, 0.2) is 0 Å². The minimum absolute atomic E-state index is 0.390. The van der Waals surface area contributed by atoms with Crippen LogP contribution in [0, 0.1) is 0 Å². The molecule has 1 atom stereocenters. The Hall–Kier alpha value is -1.16. The summed E-state index contributed by atoms with van der Waals surface area (Å²) in [4.78, 5) is 8.22. The van der Waals surface area contributed by atoms with Gasteiger partial charge in [0, 0.05) is 17.9 Å². The topological polar surface area (TPSA) is 63.8 Å².